The van der Waals surface area contributed by atoms with E-state index < -0.39 is 0 Å². The number of aromatic nitrogens is 2. The van der Waals surface area contributed by atoms with Crippen LogP contribution in [-0.2, 0) is 16.1 Å². The second-order valence-electron chi connectivity index (χ2n) is 6.19. The van der Waals surface area contributed by atoms with E-state index in [1.54, 1.807) is 7.11 Å². The summed E-state index contributed by atoms with van der Waals surface area (Å²) in [4.78, 5) is 16.8. The molecule has 26 heavy (non-hydrogen) atoms. The molecule has 0 unspecified atom stereocenters. The van der Waals surface area contributed by atoms with E-state index in [-0.39, 0.29) is 18.6 Å². The van der Waals surface area contributed by atoms with Crippen molar-refractivity contribution in [3.05, 3.63) is 59.9 Å². The highest BCUT2D eigenvalue weighted by atomic mass is 16.5. The number of hydrogen-bond donors (Lipinski definition) is 0. The maximum absolute atomic E-state index is 12.2. The van der Waals surface area contributed by atoms with Crippen LogP contribution in [0, 0.1) is 0 Å². The molecule has 0 fully saturated rings. The summed E-state index contributed by atoms with van der Waals surface area (Å²) >= 11 is 0. The van der Waals surface area contributed by atoms with E-state index >= 15 is 0 Å². The van der Waals surface area contributed by atoms with E-state index in [0.29, 0.717) is 5.82 Å². The molecular weight excluding hydrogens is 328 g/mol. The highest BCUT2D eigenvalue weighted by molar-refractivity contribution is 5.82. The summed E-state index contributed by atoms with van der Waals surface area (Å²) in [6.07, 6.45) is 3.73. The quantitative estimate of drug-likeness (QED) is 0.626. The molecule has 0 aliphatic carbocycles. The summed E-state index contributed by atoms with van der Waals surface area (Å²) in [6.45, 7) is 3.81. The van der Waals surface area contributed by atoms with Crippen molar-refractivity contribution in [2.45, 2.75) is 26.5 Å². The molecule has 3 rings (SSSR count). The van der Waals surface area contributed by atoms with Crippen LogP contribution in [-0.4, -0.2) is 28.7 Å². The molecule has 0 aliphatic heterocycles. The van der Waals surface area contributed by atoms with Crippen LogP contribution in [0.3, 0.4) is 0 Å². The molecule has 3 aromatic rings. The molecule has 0 saturated carbocycles. The van der Waals surface area contributed by atoms with Crippen LogP contribution < -0.4 is 4.74 Å². The normalized spacial score (nSPS) is 11.4. The molecule has 0 aliphatic rings. The average Bonchev–Trinajstić information content (AvgIpc) is 2.97. The fourth-order valence-electron chi connectivity index (χ4n) is 2.70. The standard InChI is InChI=1S/C21H22N2O3/c1-15(2)26-21(24)14-23-19-7-5-4-6-18(19)22-20(23)13-10-16-8-11-17(25-3)12-9-16/h4-13,15H,14H2,1-3H3/b13-10+. The highest BCUT2D eigenvalue weighted by Crippen LogP contribution is 2.19. The third kappa shape index (κ3) is 4.11. The van der Waals surface area contributed by atoms with Crippen LogP contribution in [0.25, 0.3) is 23.2 Å². The van der Waals surface area contributed by atoms with Gasteiger partial charge in [0.15, 0.2) is 0 Å². The topological polar surface area (TPSA) is 53.4 Å². The zero-order chi connectivity index (χ0) is 18.5. The molecule has 5 heteroatoms. The first-order chi connectivity index (χ1) is 12.6. The minimum Gasteiger partial charge on any atom is -0.497 e. The number of benzene rings is 2. The molecule has 2 aromatic carbocycles. The van der Waals surface area contributed by atoms with E-state index in [0.717, 1.165) is 22.3 Å². The smallest absolute Gasteiger partial charge is 0.326 e. The van der Waals surface area contributed by atoms with E-state index in [1.807, 2.05) is 79.1 Å². The van der Waals surface area contributed by atoms with Gasteiger partial charge in [-0.3, -0.25) is 4.79 Å². The van der Waals surface area contributed by atoms with E-state index in [9.17, 15) is 4.79 Å². The predicted octanol–water partition coefficient (Wildman–Crippen LogP) is 4.17. The summed E-state index contributed by atoms with van der Waals surface area (Å²) in [5.74, 6) is 1.25. The Morgan fingerprint density at radius 1 is 1.12 bits per heavy atom. The Labute approximate surface area is 152 Å². The number of esters is 1. The van der Waals surface area contributed by atoms with Gasteiger partial charge in [0.1, 0.15) is 18.1 Å². The molecule has 0 atom stereocenters. The van der Waals surface area contributed by atoms with Crippen molar-refractivity contribution < 1.29 is 14.3 Å². The Balaban J connectivity index is 1.92. The summed E-state index contributed by atoms with van der Waals surface area (Å²) < 4.78 is 12.3. The van der Waals surface area contributed by atoms with Gasteiger partial charge < -0.3 is 14.0 Å². The lowest BCUT2D eigenvalue weighted by Gasteiger charge is -2.10. The number of methoxy groups -OCH3 is 1. The first-order valence-corrected chi connectivity index (χ1v) is 8.53. The van der Waals surface area contributed by atoms with Crippen LogP contribution in [0.15, 0.2) is 48.5 Å². The van der Waals surface area contributed by atoms with Crippen molar-refractivity contribution in [2.24, 2.45) is 0 Å². The van der Waals surface area contributed by atoms with Gasteiger partial charge in [0.25, 0.3) is 0 Å². The molecule has 1 aromatic heterocycles. The lowest BCUT2D eigenvalue weighted by Crippen LogP contribution is -2.18. The molecule has 1 heterocycles. The molecule has 0 saturated heterocycles. The Morgan fingerprint density at radius 2 is 1.85 bits per heavy atom. The Hall–Kier alpha value is -3.08. The summed E-state index contributed by atoms with van der Waals surface area (Å²) in [5.41, 5.74) is 2.77. The van der Waals surface area contributed by atoms with Crippen LogP contribution in [0.1, 0.15) is 25.2 Å². The van der Waals surface area contributed by atoms with E-state index in [1.165, 1.54) is 0 Å². The molecule has 0 radical (unpaired) electrons. The fourth-order valence-corrected chi connectivity index (χ4v) is 2.70. The lowest BCUT2D eigenvalue weighted by molar-refractivity contribution is -0.148. The maximum Gasteiger partial charge on any atom is 0.326 e. The number of rotatable bonds is 6. The molecule has 0 spiro atoms. The Bertz CT molecular complexity index is 924. The third-order valence-corrected chi connectivity index (χ3v) is 3.88. The SMILES string of the molecule is COc1ccc(/C=C/c2nc3ccccc3n2CC(=O)OC(C)C)cc1. The van der Waals surface area contributed by atoms with Crippen molar-refractivity contribution in [1.82, 2.24) is 9.55 Å². The molecule has 0 bridgehead atoms. The van der Waals surface area contributed by atoms with Crippen LogP contribution in [0.4, 0.5) is 0 Å². The predicted molar refractivity (Wildman–Crippen MR) is 103 cm³/mol. The molecular formula is C21H22N2O3. The van der Waals surface area contributed by atoms with Crippen molar-refractivity contribution in [1.29, 1.82) is 0 Å². The summed E-state index contributed by atoms with van der Waals surface area (Å²) in [7, 11) is 1.64. The van der Waals surface area contributed by atoms with Crippen molar-refractivity contribution >= 4 is 29.2 Å². The van der Waals surface area contributed by atoms with Gasteiger partial charge in [-0.2, -0.15) is 0 Å². The molecule has 134 valence electrons. The zero-order valence-electron chi connectivity index (χ0n) is 15.2. The van der Waals surface area contributed by atoms with E-state index in [2.05, 4.69) is 4.98 Å². The van der Waals surface area contributed by atoms with Crippen LogP contribution in [0.2, 0.25) is 0 Å². The first-order valence-electron chi connectivity index (χ1n) is 8.53. The number of fused-ring (bicyclic) bond motifs is 1. The van der Waals surface area contributed by atoms with Gasteiger partial charge in [-0.05, 0) is 49.8 Å². The number of para-hydroxylation sites is 2. The highest BCUT2D eigenvalue weighted by Gasteiger charge is 2.13. The monoisotopic (exact) mass is 350 g/mol. The Kier molecular flexibility index (Phi) is 5.37. The van der Waals surface area contributed by atoms with Crippen LogP contribution in [0.5, 0.6) is 5.75 Å². The average molecular weight is 350 g/mol. The van der Waals surface area contributed by atoms with Gasteiger partial charge in [0.2, 0.25) is 0 Å². The van der Waals surface area contributed by atoms with E-state index in [4.69, 9.17) is 9.47 Å². The summed E-state index contributed by atoms with van der Waals surface area (Å²) in [6, 6.07) is 15.5. The fraction of sp³-hybridized carbons (Fsp3) is 0.238. The number of carbonyl (C=O) groups excluding carboxylic acids is 1. The number of carbonyl (C=O) groups is 1. The lowest BCUT2D eigenvalue weighted by atomic mass is 10.2. The molecule has 5 nitrogen and oxygen atoms in total. The Morgan fingerprint density at radius 3 is 2.54 bits per heavy atom. The van der Waals surface area contributed by atoms with Gasteiger partial charge in [-0.1, -0.05) is 30.3 Å². The second-order valence-corrected chi connectivity index (χ2v) is 6.19. The maximum atomic E-state index is 12.2. The van der Waals surface area contributed by atoms with Crippen LogP contribution >= 0.6 is 0 Å². The molecule has 0 amide bonds. The van der Waals surface area contributed by atoms with Gasteiger partial charge in [0, 0.05) is 0 Å². The van der Waals surface area contributed by atoms with Gasteiger partial charge >= 0.3 is 5.97 Å². The van der Waals surface area contributed by atoms with Gasteiger partial charge in [-0.15, -0.1) is 0 Å². The minimum atomic E-state index is -0.276. The first kappa shape index (κ1) is 17.7. The summed E-state index contributed by atoms with van der Waals surface area (Å²) in [5, 5.41) is 0. The third-order valence-electron chi connectivity index (χ3n) is 3.88. The number of nitrogens with zero attached hydrogens (tertiary/aromatic N) is 2. The number of hydrogen-bond acceptors (Lipinski definition) is 4. The largest absolute Gasteiger partial charge is 0.497 e. The second kappa shape index (κ2) is 7.87. The van der Waals surface area contributed by atoms with Gasteiger partial charge in [0.05, 0.1) is 24.2 Å². The zero-order valence-corrected chi connectivity index (χ0v) is 15.2. The number of imidazole rings is 1. The van der Waals surface area contributed by atoms with Crippen molar-refractivity contribution in [3.63, 3.8) is 0 Å². The number of ether oxygens (including phenoxy) is 2. The van der Waals surface area contributed by atoms with Crippen molar-refractivity contribution in [3.8, 4) is 5.75 Å². The molecule has 0 N–H and O–H groups in total. The van der Waals surface area contributed by atoms with Crippen molar-refractivity contribution in [2.75, 3.05) is 7.11 Å². The minimum absolute atomic E-state index is 0.126. The van der Waals surface area contributed by atoms with Gasteiger partial charge in [-0.25, -0.2) is 4.98 Å².